The van der Waals surface area contributed by atoms with Gasteiger partial charge in [-0.1, -0.05) is 51.3 Å². The van der Waals surface area contributed by atoms with E-state index in [0.717, 1.165) is 10.0 Å². The van der Waals surface area contributed by atoms with Crippen molar-refractivity contribution in [2.75, 3.05) is 0 Å². The highest BCUT2D eigenvalue weighted by Gasteiger charge is 2.10. The van der Waals surface area contributed by atoms with Gasteiger partial charge in [0.15, 0.2) is 0 Å². The van der Waals surface area contributed by atoms with Crippen LogP contribution in [0, 0.1) is 10.1 Å². The van der Waals surface area contributed by atoms with Gasteiger partial charge in [-0.2, -0.15) is 0 Å². The van der Waals surface area contributed by atoms with Crippen molar-refractivity contribution in [2.24, 2.45) is 4.99 Å². The molecular formula is C20H13BrCl2N2O3. The van der Waals surface area contributed by atoms with Crippen LogP contribution < -0.4 is 4.74 Å². The number of ether oxygens (including phenoxy) is 1. The second-order valence-corrected chi connectivity index (χ2v) is 7.51. The minimum Gasteiger partial charge on any atom is -0.487 e. The molecule has 0 heterocycles. The molecule has 3 aromatic rings. The fourth-order valence-electron chi connectivity index (χ4n) is 2.37. The second kappa shape index (κ2) is 9.19. The van der Waals surface area contributed by atoms with Crippen LogP contribution in [0.1, 0.15) is 11.1 Å². The molecule has 3 aromatic carbocycles. The summed E-state index contributed by atoms with van der Waals surface area (Å²) >= 11 is 15.8. The third-order valence-corrected chi connectivity index (χ3v) is 4.77. The van der Waals surface area contributed by atoms with E-state index in [1.807, 2.05) is 24.3 Å². The first-order valence-corrected chi connectivity index (χ1v) is 9.62. The van der Waals surface area contributed by atoms with Gasteiger partial charge in [0.25, 0.3) is 5.69 Å². The van der Waals surface area contributed by atoms with Crippen LogP contribution in [0.5, 0.6) is 5.75 Å². The molecule has 0 aliphatic carbocycles. The number of rotatable bonds is 6. The number of non-ortho nitro benzene ring substituents is 1. The van der Waals surface area contributed by atoms with Gasteiger partial charge in [0.2, 0.25) is 0 Å². The maximum atomic E-state index is 10.7. The number of benzene rings is 3. The molecule has 0 saturated heterocycles. The molecule has 3 rings (SSSR count). The van der Waals surface area contributed by atoms with Gasteiger partial charge in [-0.3, -0.25) is 15.1 Å². The maximum absolute atomic E-state index is 10.7. The average Bonchev–Trinajstić information content (AvgIpc) is 2.67. The third-order valence-electron chi connectivity index (χ3n) is 3.75. The molecule has 0 aromatic heterocycles. The largest absolute Gasteiger partial charge is 0.487 e. The van der Waals surface area contributed by atoms with Crippen molar-refractivity contribution >= 4 is 56.7 Å². The van der Waals surface area contributed by atoms with Crippen LogP contribution in [0.4, 0.5) is 11.4 Å². The van der Waals surface area contributed by atoms with Gasteiger partial charge in [-0.15, -0.1) is 0 Å². The first-order chi connectivity index (χ1) is 13.4. The quantitative estimate of drug-likeness (QED) is 0.217. The molecule has 0 spiro atoms. The Morgan fingerprint density at radius 3 is 2.39 bits per heavy atom. The third kappa shape index (κ3) is 5.32. The number of hydrogen-bond donors (Lipinski definition) is 0. The molecule has 0 amide bonds. The first kappa shape index (κ1) is 20.3. The summed E-state index contributed by atoms with van der Waals surface area (Å²) in [5, 5.41) is 11.6. The lowest BCUT2D eigenvalue weighted by Crippen LogP contribution is -1.99. The van der Waals surface area contributed by atoms with Gasteiger partial charge < -0.3 is 4.74 Å². The fourth-order valence-corrected chi connectivity index (χ4v) is 3.20. The summed E-state index contributed by atoms with van der Waals surface area (Å²) in [6.45, 7) is 0.326. The summed E-state index contributed by atoms with van der Waals surface area (Å²) in [6.07, 6.45) is 1.57. The summed E-state index contributed by atoms with van der Waals surface area (Å²) in [5.41, 5.74) is 2.14. The van der Waals surface area contributed by atoms with Gasteiger partial charge in [0.05, 0.1) is 15.6 Å². The fraction of sp³-hybridized carbons (Fsp3) is 0.0500. The van der Waals surface area contributed by atoms with Crippen LogP contribution in [0.3, 0.4) is 0 Å². The number of nitrogens with zero attached hydrogens (tertiary/aromatic N) is 2. The van der Waals surface area contributed by atoms with Crippen LogP contribution in [0.25, 0.3) is 0 Å². The van der Waals surface area contributed by atoms with Crippen molar-refractivity contribution in [3.63, 3.8) is 0 Å². The molecule has 0 fully saturated rings. The Balaban J connectivity index is 1.83. The zero-order valence-electron chi connectivity index (χ0n) is 14.3. The molecule has 0 aliphatic rings. The normalized spacial score (nSPS) is 11.0. The van der Waals surface area contributed by atoms with Crippen molar-refractivity contribution in [3.05, 3.63) is 96.4 Å². The molecular weight excluding hydrogens is 467 g/mol. The smallest absolute Gasteiger partial charge is 0.269 e. The topological polar surface area (TPSA) is 64.7 Å². The average molecular weight is 480 g/mol. The molecule has 8 heteroatoms. The second-order valence-electron chi connectivity index (χ2n) is 5.75. The molecule has 0 saturated carbocycles. The highest BCUT2D eigenvalue weighted by Crippen LogP contribution is 2.32. The Morgan fingerprint density at radius 1 is 1.07 bits per heavy atom. The summed E-state index contributed by atoms with van der Waals surface area (Å²) in [5.74, 6) is 0.458. The van der Waals surface area contributed by atoms with Gasteiger partial charge in [-0.25, -0.2) is 0 Å². The number of hydrogen-bond acceptors (Lipinski definition) is 4. The lowest BCUT2D eigenvalue weighted by atomic mass is 10.2. The standard InChI is InChI=1S/C20H13BrCl2N2O3/c21-15-3-1-13(2-4-15)12-28-20-14(9-16(22)10-19(20)23)11-24-17-5-7-18(8-6-17)25(26)27/h1-11H,12H2. The number of aliphatic imine (C=N–C) groups is 1. The predicted molar refractivity (Wildman–Crippen MR) is 115 cm³/mol. The molecule has 28 heavy (non-hydrogen) atoms. The van der Waals surface area contributed by atoms with E-state index in [0.29, 0.717) is 33.7 Å². The van der Waals surface area contributed by atoms with E-state index in [1.54, 1.807) is 30.5 Å². The monoisotopic (exact) mass is 478 g/mol. The van der Waals surface area contributed by atoms with Crippen molar-refractivity contribution in [3.8, 4) is 5.75 Å². The SMILES string of the molecule is O=[N+]([O-])c1ccc(N=Cc2cc(Cl)cc(Cl)c2OCc2ccc(Br)cc2)cc1. The van der Waals surface area contributed by atoms with E-state index in [1.165, 1.54) is 12.1 Å². The lowest BCUT2D eigenvalue weighted by Gasteiger charge is -2.12. The Bertz CT molecular complexity index is 1020. The zero-order valence-corrected chi connectivity index (χ0v) is 17.4. The van der Waals surface area contributed by atoms with Gasteiger partial charge in [-0.05, 0) is 42.0 Å². The van der Waals surface area contributed by atoms with Gasteiger partial charge in [0, 0.05) is 33.4 Å². The maximum Gasteiger partial charge on any atom is 0.269 e. The minimum absolute atomic E-state index is 0.00303. The Kier molecular flexibility index (Phi) is 6.67. The molecule has 0 aliphatic heterocycles. The first-order valence-electron chi connectivity index (χ1n) is 8.07. The zero-order chi connectivity index (χ0) is 20.1. The summed E-state index contributed by atoms with van der Waals surface area (Å²) in [6, 6.07) is 16.9. The number of halogens is 3. The predicted octanol–water partition coefficient (Wildman–Crippen LogP) is 6.99. The molecule has 5 nitrogen and oxygen atoms in total. The van der Waals surface area contributed by atoms with Crippen molar-refractivity contribution < 1.29 is 9.66 Å². The summed E-state index contributed by atoms with van der Waals surface area (Å²) in [4.78, 5) is 14.6. The van der Waals surface area contributed by atoms with E-state index in [2.05, 4.69) is 20.9 Å². The summed E-state index contributed by atoms with van der Waals surface area (Å²) in [7, 11) is 0. The molecule has 0 bridgehead atoms. The van der Waals surface area contributed by atoms with Crippen LogP contribution in [-0.2, 0) is 6.61 Å². The molecule has 0 atom stereocenters. The van der Waals surface area contributed by atoms with Crippen molar-refractivity contribution in [1.29, 1.82) is 0 Å². The van der Waals surface area contributed by atoms with Crippen LogP contribution in [0.2, 0.25) is 10.0 Å². The highest BCUT2D eigenvalue weighted by molar-refractivity contribution is 9.10. The van der Waals surface area contributed by atoms with E-state index in [-0.39, 0.29) is 5.69 Å². The van der Waals surface area contributed by atoms with Crippen LogP contribution in [0.15, 0.2) is 70.1 Å². The molecule has 0 radical (unpaired) electrons. The molecule has 0 unspecified atom stereocenters. The lowest BCUT2D eigenvalue weighted by molar-refractivity contribution is -0.384. The minimum atomic E-state index is -0.460. The number of nitro groups is 1. The molecule has 0 N–H and O–H groups in total. The van der Waals surface area contributed by atoms with Crippen molar-refractivity contribution in [1.82, 2.24) is 0 Å². The Hall–Kier alpha value is -2.41. The van der Waals surface area contributed by atoms with Gasteiger partial charge in [0.1, 0.15) is 12.4 Å². The summed E-state index contributed by atoms with van der Waals surface area (Å²) < 4.78 is 6.88. The van der Waals surface area contributed by atoms with Crippen LogP contribution >= 0.6 is 39.1 Å². The van der Waals surface area contributed by atoms with E-state index in [4.69, 9.17) is 27.9 Å². The van der Waals surface area contributed by atoms with Gasteiger partial charge >= 0.3 is 0 Å². The van der Waals surface area contributed by atoms with E-state index < -0.39 is 4.92 Å². The van der Waals surface area contributed by atoms with E-state index in [9.17, 15) is 10.1 Å². The van der Waals surface area contributed by atoms with Crippen molar-refractivity contribution in [2.45, 2.75) is 6.61 Å². The molecule has 142 valence electrons. The Labute approximate surface area is 179 Å². The number of nitro benzene ring substituents is 1. The highest BCUT2D eigenvalue weighted by atomic mass is 79.9. The Morgan fingerprint density at radius 2 is 1.75 bits per heavy atom. The van der Waals surface area contributed by atoms with E-state index >= 15 is 0 Å². The van der Waals surface area contributed by atoms with Crippen LogP contribution in [-0.4, -0.2) is 11.1 Å².